The van der Waals surface area contributed by atoms with E-state index in [4.69, 9.17) is 0 Å². The number of amides is 2. The van der Waals surface area contributed by atoms with Crippen molar-refractivity contribution >= 4 is 29.2 Å². The molecule has 0 radical (unpaired) electrons. The third-order valence-corrected chi connectivity index (χ3v) is 6.80. The predicted molar refractivity (Wildman–Crippen MR) is 118 cm³/mol. The van der Waals surface area contributed by atoms with Gasteiger partial charge >= 0.3 is 12.0 Å². The Morgan fingerprint density at radius 2 is 1.58 bits per heavy atom. The fourth-order valence-electron chi connectivity index (χ4n) is 5.17. The Bertz CT molecular complexity index is 869. The zero-order valence-electron chi connectivity index (χ0n) is 18.0. The summed E-state index contributed by atoms with van der Waals surface area (Å²) in [6.07, 6.45) is 10.3. The number of carboxylic acids is 1. The Kier molecular flexibility index (Phi) is 6.68. The van der Waals surface area contributed by atoms with Gasteiger partial charge in [-0.2, -0.15) is 5.10 Å². The predicted octanol–water partition coefficient (Wildman–Crippen LogP) is 4.45. The van der Waals surface area contributed by atoms with E-state index in [0.29, 0.717) is 5.69 Å². The van der Waals surface area contributed by atoms with E-state index >= 15 is 0 Å². The van der Waals surface area contributed by atoms with E-state index in [-0.39, 0.29) is 24.2 Å². The van der Waals surface area contributed by atoms with Gasteiger partial charge in [0, 0.05) is 17.4 Å². The Balaban J connectivity index is 1.71. The maximum absolute atomic E-state index is 13.4. The third-order valence-electron chi connectivity index (χ3n) is 6.80. The molecular weight excluding hydrogens is 394 g/mol. The number of carboxylic acid groups (broad SMARTS) is 1. The van der Waals surface area contributed by atoms with Crippen molar-refractivity contribution in [3.63, 3.8) is 0 Å². The summed E-state index contributed by atoms with van der Waals surface area (Å²) in [6.45, 7) is -0.554. The van der Waals surface area contributed by atoms with Crippen molar-refractivity contribution in [1.82, 2.24) is 5.01 Å². The Labute approximate surface area is 183 Å². The van der Waals surface area contributed by atoms with Crippen LogP contribution in [0.15, 0.2) is 29.4 Å². The number of benzene rings is 1. The molecule has 3 aliphatic rings. The number of carbonyl (C=O) groups is 3. The van der Waals surface area contributed by atoms with Crippen molar-refractivity contribution in [2.45, 2.75) is 64.2 Å². The second-order valence-electron chi connectivity index (χ2n) is 8.96. The van der Waals surface area contributed by atoms with Gasteiger partial charge < -0.3 is 5.11 Å². The van der Waals surface area contributed by atoms with Crippen LogP contribution in [0.4, 0.5) is 10.5 Å². The van der Waals surface area contributed by atoms with Crippen molar-refractivity contribution in [3.05, 3.63) is 29.8 Å². The minimum absolute atomic E-state index is 0.0244. The first-order chi connectivity index (χ1) is 15.0. The lowest BCUT2D eigenvalue weighted by Crippen LogP contribution is -2.45. The average Bonchev–Trinajstić information content (AvgIpc) is 2.90. The molecule has 4 rings (SSSR count). The molecule has 0 saturated heterocycles. The lowest BCUT2D eigenvalue weighted by Gasteiger charge is -2.28. The van der Waals surface area contributed by atoms with E-state index in [2.05, 4.69) is 5.10 Å². The number of carbonyl (C=O) groups excluding carboxylic acids is 2. The largest absolute Gasteiger partial charge is 0.480 e. The average molecular weight is 426 g/mol. The number of hydrogen-bond acceptors (Lipinski definition) is 4. The van der Waals surface area contributed by atoms with Crippen LogP contribution < -0.4 is 4.90 Å². The van der Waals surface area contributed by atoms with Gasteiger partial charge in [0.1, 0.15) is 6.54 Å². The molecule has 2 fully saturated rings. The molecular formula is C24H31N3O4. The number of para-hydroxylation sites is 1. The van der Waals surface area contributed by atoms with E-state index in [0.717, 1.165) is 74.1 Å². The van der Waals surface area contributed by atoms with Gasteiger partial charge in [0.05, 0.1) is 17.9 Å². The first-order valence-electron chi connectivity index (χ1n) is 11.6. The molecule has 1 heterocycles. The zero-order chi connectivity index (χ0) is 21.8. The summed E-state index contributed by atoms with van der Waals surface area (Å²) in [6, 6.07) is 7.03. The number of anilines is 1. The molecule has 1 aromatic rings. The summed E-state index contributed by atoms with van der Waals surface area (Å²) in [7, 11) is 0. The standard InChI is InChI=1S/C24H31N3O4/c28-21(17-9-3-1-4-10-17)15-26-20-14-8-7-13-19(20)23(18-11-5-2-6-12-18)25-27(24(26)31)16-22(29)30/h7-8,13-14,17-18H,1-6,9-12,15-16H2,(H,29,30). The highest BCUT2D eigenvalue weighted by Gasteiger charge is 2.35. The Morgan fingerprint density at radius 1 is 0.935 bits per heavy atom. The second-order valence-corrected chi connectivity index (χ2v) is 8.96. The van der Waals surface area contributed by atoms with E-state index in [1.165, 1.54) is 11.3 Å². The highest BCUT2D eigenvalue weighted by Crippen LogP contribution is 2.34. The van der Waals surface area contributed by atoms with Crippen LogP contribution in [0.25, 0.3) is 0 Å². The normalized spacial score (nSPS) is 20.8. The molecule has 166 valence electrons. The second kappa shape index (κ2) is 9.62. The summed E-state index contributed by atoms with van der Waals surface area (Å²) in [5.41, 5.74) is 2.28. The molecule has 0 atom stereocenters. The van der Waals surface area contributed by atoms with Gasteiger partial charge in [0.25, 0.3) is 0 Å². The maximum Gasteiger partial charge on any atom is 0.345 e. The van der Waals surface area contributed by atoms with Crippen molar-refractivity contribution in [3.8, 4) is 0 Å². The van der Waals surface area contributed by atoms with E-state index in [1.54, 1.807) is 0 Å². The molecule has 0 unspecified atom stereocenters. The van der Waals surface area contributed by atoms with Gasteiger partial charge in [-0.3, -0.25) is 14.5 Å². The van der Waals surface area contributed by atoms with Crippen LogP contribution in [-0.4, -0.2) is 46.7 Å². The smallest absolute Gasteiger partial charge is 0.345 e. The highest BCUT2D eigenvalue weighted by atomic mass is 16.4. The van der Waals surface area contributed by atoms with Crippen molar-refractivity contribution in [2.24, 2.45) is 16.9 Å². The molecule has 7 heteroatoms. The van der Waals surface area contributed by atoms with Crippen LogP contribution in [0.3, 0.4) is 0 Å². The van der Waals surface area contributed by atoms with Gasteiger partial charge in [-0.25, -0.2) is 9.80 Å². The molecule has 1 N–H and O–H groups in total. The highest BCUT2D eigenvalue weighted by molar-refractivity contribution is 6.13. The molecule has 0 spiro atoms. The van der Waals surface area contributed by atoms with Crippen molar-refractivity contribution in [2.75, 3.05) is 18.0 Å². The number of urea groups is 1. The Morgan fingerprint density at radius 3 is 2.26 bits per heavy atom. The first kappa shape index (κ1) is 21.5. The molecule has 1 aromatic carbocycles. The topological polar surface area (TPSA) is 90.3 Å². The van der Waals surface area contributed by atoms with Crippen LogP contribution in [0, 0.1) is 11.8 Å². The SMILES string of the molecule is O=C(O)CN1N=C(C2CCCCC2)c2ccccc2N(CC(=O)C2CCCCC2)C1=O. The maximum atomic E-state index is 13.4. The molecule has 0 aromatic heterocycles. The number of hydrogen-bond donors (Lipinski definition) is 1. The first-order valence-corrected chi connectivity index (χ1v) is 11.6. The molecule has 0 bridgehead atoms. The van der Waals surface area contributed by atoms with Crippen LogP contribution in [0.1, 0.15) is 69.8 Å². The number of Topliss-reactive ketones (excluding diaryl/α,β-unsaturated/α-hetero) is 1. The Hall–Kier alpha value is -2.70. The number of nitrogens with zero attached hydrogens (tertiary/aromatic N) is 3. The zero-order valence-corrected chi connectivity index (χ0v) is 18.0. The summed E-state index contributed by atoms with van der Waals surface area (Å²) < 4.78 is 0. The van der Waals surface area contributed by atoms with Gasteiger partial charge in [-0.1, -0.05) is 56.7 Å². The molecule has 31 heavy (non-hydrogen) atoms. The number of hydrazone groups is 1. The molecule has 2 saturated carbocycles. The quantitative estimate of drug-likeness (QED) is 0.729. The van der Waals surface area contributed by atoms with Crippen LogP contribution in [0.5, 0.6) is 0 Å². The van der Waals surface area contributed by atoms with Crippen LogP contribution in [-0.2, 0) is 9.59 Å². The van der Waals surface area contributed by atoms with E-state index < -0.39 is 18.5 Å². The van der Waals surface area contributed by atoms with Gasteiger partial charge in [0.15, 0.2) is 5.78 Å². The fourth-order valence-corrected chi connectivity index (χ4v) is 5.17. The minimum atomic E-state index is -1.12. The van der Waals surface area contributed by atoms with E-state index in [9.17, 15) is 19.5 Å². The fraction of sp³-hybridized carbons (Fsp3) is 0.583. The van der Waals surface area contributed by atoms with Gasteiger partial charge in [-0.05, 0) is 31.7 Å². The number of fused-ring (bicyclic) bond motifs is 1. The lowest BCUT2D eigenvalue weighted by atomic mass is 9.82. The van der Waals surface area contributed by atoms with Crippen molar-refractivity contribution < 1.29 is 19.5 Å². The molecule has 2 aliphatic carbocycles. The minimum Gasteiger partial charge on any atom is -0.480 e. The third kappa shape index (κ3) is 4.81. The molecule has 7 nitrogen and oxygen atoms in total. The van der Waals surface area contributed by atoms with Gasteiger partial charge in [0.2, 0.25) is 0 Å². The number of ketones is 1. The summed E-state index contributed by atoms with van der Waals surface area (Å²) >= 11 is 0. The van der Waals surface area contributed by atoms with E-state index in [1.807, 2.05) is 24.3 Å². The monoisotopic (exact) mass is 425 g/mol. The molecule has 2 amide bonds. The number of rotatable bonds is 6. The van der Waals surface area contributed by atoms with Crippen LogP contribution in [0.2, 0.25) is 0 Å². The van der Waals surface area contributed by atoms with Gasteiger partial charge in [-0.15, -0.1) is 0 Å². The van der Waals surface area contributed by atoms with Crippen LogP contribution >= 0.6 is 0 Å². The number of aliphatic carboxylic acids is 1. The summed E-state index contributed by atoms with van der Waals surface area (Å²) in [5.74, 6) is -0.902. The molecule has 1 aliphatic heterocycles. The summed E-state index contributed by atoms with van der Waals surface area (Å²) in [5, 5.41) is 15.1. The lowest BCUT2D eigenvalue weighted by molar-refractivity contribution is -0.137. The van der Waals surface area contributed by atoms with Crippen molar-refractivity contribution in [1.29, 1.82) is 0 Å². The summed E-state index contributed by atoms with van der Waals surface area (Å²) in [4.78, 5) is 39.5.